The zero-order chi connectivity index (χ0) is 16.1. The van der Waals surface area contributed by atoms with Crippen LogP contribution < -0.4 is 5.32 Å². The Morgan fingerprint density at radius 1 is 1.14 bits per heavy atom. The minimum absolute atomic E-state index is 0.0526. The lowest BCUT2D eigenvalue weighted by Crippen LogP contribution is -2.21. The number of benzene rings is 2. The van der Waals surface area contributed by atoms with E-state index in [-0.39, 0.29) is 21.3 Å². The fourth-order valence-corrected chi connectivity index (χ4v) is 1.98. The van der Waals surface area contributed by atoms with E-state index in [0.29, 0.717) is 0 Å². The van der Waals surface area contributed by atoms with Crippen LogP contribution in [0, 0.1) is 5.82 Å². The zero-order valence-corrected chi connectivity index (χ0v) is 12.6. The molecule has 7 heteroatoms. The van der Waals surface area contributed by atoms with E-state index in [1.54, 1.807) is 12.1 Å². The summed E-state index contributed by atoms with van der Waals surface area (Å²) in [5.41, 5.74) is 0.0952. The summed E-state index contributed by atoms with van der Waals surface area (Å²) in [6, 6.07) is 10.1. The van der Waals surface area contributed by atoms with Gasteiger partial charge in [0.25, 0.3) is 5.91 Å². The number of anilines is 1. The molecule has 0 fully saturated rings. The van der Waals surface area contributed by atoms with Gasteiger partial charge < -0.3 is 10.1 Å². The topological polar surface area (TPSA) is 55.4 Å². The second kappa shape index (κ2) is 7.24. The van der Waals surface area contributed by atoms with Crippen molar-refractivity contribution >= 4 is 40.8 Å². The normalized spacial score (nSPS) is 10.1. The number of amides is 1. The second-order valence-electron chi connectivity index (χ2n) is 4.23. The van der Waals surface area contributed by atoms with Crippen LogP contribution in [-0.2, 0) is 9.53 Å². The summed E-state index contributed by atoms with van der Waals surface area (Å²) < 4.78 is 18.3. The lowest BCUT2D eigenvalue weighted by atomic mass is 10.2. The van der Waals surface area contributed by atoms with Crippen LogP contribution >= 0.6 is 23.2 Å². The van der Waals surface area contributed by atoms with Gasteiger partial charge in [0.1, 0.15) is 5.82 Å². The maximum atomic E-state index is 13.5. The van der Waals surface area contributed by atoms with Crippen molar-refractivity contribution in [2.24, 2.45) is 0 Å². The van der Waals surface area contributed by atoms with Crippen molar-refractivity contribution in [3.05, 3.63) is 63.9 Å². The molecule has 1 amide bonds. The van der Waals surface area contributed by atoms with Gasteiger partial charge in [0.2, 0.25) is 0 Å². The lowest BCUT2D eigenvalue weighted by Gasteiger charge is -2.08. The molecule has 0 radical (unpaired) electrons. The van der Waals surface area contributed by atoms with Crippen molar-refractivity contribution in [3.63, 3.8) is 0 Å². The van der Waals surface area contributed by atoms with Crippen molar-refractivity contribution < 1.29 is 18.7 Å². The van der Waals surface area contributed by atoms with Gasteiger partial charge in [-0.05, 0) is 30.3 Å². The number of esters is 1. The van der Waals surface area contributed by atoms with Gasteiger partial charge >= 0.3 is 5.97 Å². The van der Waals surface area contributed by atoms with E-state index < -0.39 is 24.3 Å². The molecule has 0 aliphatic heterocycles. The highest BCUT2D eigenvalue weighted by Crippen LogP contribution is 2.19. The highest BCUT2D eigenvalue weighted by atomic mass is 35.5. The number of hydrogen-bond acceptors (Lipinski definition) is 3. The van der Waals surface area contributed by atoms with Gasteiger partial charge in [0.05, 0.1) is 16.3 Å². The molecule has 22 heavy (non-hydrogen) atoms. The molecular weight excluding hydrogens is 332 g/mol. The van der Waals surface area contributed by atoms with Gasteiger partial charge in [0.15, 0.2) is 6.61 Å². The summed E-state index contributed by atoms with van der Waals surface area (Å²) in [6.45, 7) is -0.563. The van der Waals surface area contributed by atoms with Gasteiger partial charge in [-0.15, -0.1) is 0 Å². The first-order valence-corrected chi connectivity index (χ1v) is 6.89. The fourth-order valence-electron chi connectivity index (χ4n) is 1.61. The summed E-state index contributed by atoms with van der Waals surface area (Å²) in [6.07, 6.45) is 0. The molecular formula is C15H10Cl2FNO3. The molecule has 0 spiro atoms. The van der Waals surface area contributed by atoms with E-state index in [1.165, 1.54) is 24.3 Å². The molecule has 2 rings (SSSR count). The third-order valence-corrected chi connectivity index (χ3v) is 3.20. The average Bonchev–Trinajstić information content (AvgIpc) is 2.48. The van der Waals surface area contributed by atoms with E-state index in [9.17, 15) is 14.0 Å². The molecule has 4 nitrogen and oxygen atoms in total. The number of halogens is 3. The molecule has 114 valence electrons. The van der Waals surface area contributed by atoms with Crippen molar-refractivity contribution in [2.75, 3.05) is 11.9 Å². The minimum Gasteiger partial charge on any atom is -0.452 e. The molecule has 0 bridgehead atoms. The van der Waals surface area contributed by atoms with Gasteiger partial charge in [-0.2, -0.15) is 0 Å². The Labute approximate surface area is 135 Å². The first-order chi connectivity index (χ1) is 10.5. The van der Waals surface area contributed by atoms with Crippen LogP contribution in [0.1, 0.15) is 10.4 Å². The fraction of sp³-hybridized carbons (Fsp3) is 0.0667. The largest absolute Gasteiger partial charge is 0.452 e. The monoisotopic (exact) mass is 341 g/mol. The summed E-state index contributed by atoms with van der Waals surface area (Å²) in [5.74, 6) is -2.10. The van der Waals surface area contributed by atoms with E-state index in [2.05, 4.69) is 5.32 Å². The third kappa shape index (κ3) is 4.19. The van der Waals surface area contributed by atoms with Crippen LogP contribution in [0.25, 0.3) is 0 Å². The highest BCUT2D eigenvalue weighted by molar-refractivity contribution is 6.33. The van der Waals surface area contributed by atoms with Crippen molar-refractivity contribution in [1.82, 2.24) is 0 Å². The predicted molar refractivity (Wildman–Crippen MR) is 81.8 cm³/mol. The summed E-state index contributed by atoms with van der Waals surface area (Å²) in [5, 5.41) is 2.70. The Balaban J connectivity index is 1.93. The number of ether oxygens (including phenoxy) is 1. The summed E-state index contributed by atoms with van der Waals surface area (Å²) in [7, 11) is 0. The van der Waals surface area contributed by atoms with Crippen LogP contribution in [0.5, 0.6) is 0 Å². The Bertz CT molecular complexity index is 722. The zero-order valence-electron chi connectivity index (χ0n) is 11.1. The van der Waals surface area contributed by atoms with Crippen LogP contribution in [0.15, 0.2) is 42.5 Å². The van der Waals surface area contributed by atoms with Crippen molar-refractivity contribution in [3.8, 4) is 0 Å². The molecule has 0 saturated carbocycles. The van der Waals surface area contributed by atoms with E-state index >= 15 is 0 Å². The number of carbonyl (C=O) groups is 2. The van der Waals surface area contributed by atoms with Crippen LogP contribution in [0.3, 0.4) is 0 Å². The molecule has 0 heterocycles. The van der Waals surface area contributed by atoms with Crippen molar-refractivity contribution in [1.29, 1.82) is 0 Å². The SMILES string of the molecule is O=C(COC(=O)c1ccccc1Cl)Nc1ccc(Cl)cc1F. The third-order valence-electron chi connectivity index (χ3n) is 2.63. The average molecular weight is 342 g/mol. The smallest absolute Gasteiger partial charge is 0.340 e. The van der Waals surface area contributed by atoms with Gasteiger partial charge in [-0.1, -0.05) is 35.3 Å². The van der Waals surface area contributed by atoms with Crippen molar-refractivity contribution in [2.45, 2.75) is 0 Å². The van der Waals surface area contributed by atoms with E-state index in [4.69, 9.17) is 27.9 Å². The molecule has 0 aliphatic rings. The Hall–Kier alpha value is -2.11. The standard InChI is InChI=1S/C15H10Cl2FNO3/c16-9-5-6-13(12(18)7-9)19-14(20)8-22-15(21)10-3-1-2-4-11(10)17/h1-7H,8H2,(H,19,20). The van der Waals surface area contributed by atoms with Gasteiger partial charge in [0, 0.05) is 5.02 Å². The molecule has 2 aromatic rings. The number of carbonyl (C=O) groups excluding carboxylic acids is 2. The quantitative estimate of drug-likeness (QED) is 0.857. The summed E-state index contributed by atoms with van der Waals surface area (Å²) >= 11 is 11.4. The van der Waals surface area contributed by atoms with E-state index in [1.807, 2.05) is 0 Å². The van der Waals surface area contributed by atoms with Crippen LogP contribution in [0.4, 0.5) is 10.1 Å². The van der Waals surface area contributed by atoms with Gasteiger partial charge in [-0.3, -0.25) is 4.79 Å². The number of hydrogen-bond donors (Lipinski definition) is 1. The highest BCUT2D eigenvalue weighted by Gasteiger charge is 2.14. The maximum Gasteiger partial charge on any atom is 0.340 e. The molecule has 0 saturated heterocycles. The Morgan fingerprint density at radius 3 is 2.55 bits per heavy atom. The second-order valence-corrected chi connectivity index (χ2v) is 5.07. The minimum atomic E-state index is -0.739. The first kappa shape index (κ1) is 16.3. The molecule has 1 N–H and O–H groups in total. The number of nitrogens with one attached hydrogen (secondary N) is 1. The lowest BCUT2D eigenvalue weighted by molar-refractivity contribution is -0.119. The molecule has 0 aliphatic carbocycles. The molecule has 0 unspecified atom stereocenters. The molecule has 2 aromatic carbocycles. The predicted octanol–water partition coefficient (Wildman–Crippen LogP) is 3.93. The summed E-state index contributed by atoms with van der Waals surface area (Å²) in [4.78, 5) is 23.4. The Morgan fingerprint density at radius 2 is 1.86 bits per heavy atom. The maximum absolute atomic E-state index is 13.5. The molecule has 0 atom stereocenters. The van der Waals surface area contributed by atoms with E-state index in [0.717, 1.165) is 6.07 Å². The number of rotatable bonds is 4. The van der Waals surface area contributed by atoms with Crippen LogP contribution in [-0.4, -0.2) is 18.5 Å². The first-order valence-electron chi connectivity index (χ1n) is 6.14. The Kier molecular flexibility index (Phi) is 5.35. The van der Waals surface area contributed by atoms with Gasteiger partial charge in [-0.25, -0.2) is 9.18 Å². The van der Waals surface area contributed by atoms with Crippen LogP contribution in [0.2, 0.25) is 10.0 Å². The molecule has 0 aromatic heterocycles.